The van der Waals surface area contributed by atoms with Crippen LogP contribution in [0.5, 0.6) is 0 Å². The second kappa shape index (κ2) is 6.68. The van der Waals surface area contributed by atoms with Gasteiger partial charge in [-0.15, -0.1) is 0 Å². The van der Waals surface area contributed by atoms with Crippen LogP contribution in [0, 0.1) is 0 Å². The number of fused-ring (bicyclic) bond motifs is 1. The molecule has 0 fully saturated rings. The highest BCUT2D eigenvalue weighted by molar-refractivity contribution is 7.80. The number of likely N-dealkylation sites (N-methyl/N-ethyl adjacent to an activating group) is 1. The van der Waals surface area contributed by atoms with Crippen molar-refractivity contribution in [2.24, 2.45) is 5.73 Å². The molecule has 0 spiro atoms. The highest BCUT2D eigenvalue weighted by Crippen LogP contribution is 2.26. The molecule has 20 heavy (non-hydrogen) atoms. The van der Waals surface area contributed by atoms with Crippen LogP contribution in [0.1, 0.15) is 12.5 Å². The number of nitrogens with one attached hydrogen (secondary N) is 1. The molecule has 0 aliphatic rings. The zero-order valence-electron chi connectivity index (χ0n) is 12.0. The van der Waals surface area contributed by atoms with Gasteiger partial charge in [-0.25, -0.2) is 0 Å². The van der Waals surface area contributed by atoms with E-state index in [0.717, 1.165) is 41.7 Å². The SMILES string of the molecule is CCN(C)CCNc1ccc(C(N)=S)c2ccccc12. The van der Waals surface area contributed by atoms with Crippen molar-refractivity contribution in [2.75, 3.05) is 32.0 Å². The van der Waals surface area contributed by atoms with E-state index in [2.05, 4.69) is 42.4 Å². The fourth-order valence-electron chi connectivity index (χ4n) is 2.21. The van der Waals surface area contributed by atoms with Crippen LogP contribution in [0.2, 0.25) is 0 Å². The van der Waals surface area contributed by atoms with E-state index in [-0.39, 0.29) is 0 Å². The third kappa shape index (κ3) is 3.26. The Morgan fingerprint density at radius 3 is 2.55 bits per heavy atom. The van der Waals surface area contributed by atoms with Gasteiger partial charge < -0.3 is 16.0 Å². The molecule has 0 bridgehead atoms. The molecule has 2 aromatic carbocycles. The van der Waals surface area contributed by atoms with Gasteiger partial charge in [-0.3, -0.25) is 0 Å². The Morgan fingerprint density at radius 2 is 1.90 bits per heavy atom. The lowest BCUT2D eigenvalue weighted by atomic mass is 10.0. The molecule has 0 amide bonds. The molecule has 0 radical (unpaired) electrons. The van der Waals surface area contributed by atoms with Crippen LogP contribution in [0.25, 0.3) is 10.8 Å². The predicted molar refractivity (Wildman–Crippen MR) is 91.5 cm³/mol. The second-order valence-corrected chi connectivity index (χ2v) is 5.33. The Morgan fingerprint density at radius 1 is 1.20 bits per heavy atom. The van der Waals surface area contributed by atoms with Crippen molar-refractivity contribution >= 4 is 33.7 Å². The summed E-state index contributed by atoms with van der Waals surface area (Å²) in [5.74, 6) is 0. The first-order valence-corrected chi connectivity index (χ1v) is 7.28. The molecule has 0 saturated carbocycles. The molecule has 106 valence electrons. The van der Waals surface area contributed by atoms with Gasteiger partial charge in [0.1, 0.15) is 4.99 Å². The van der Waals surface area contributed by atoms with Gasteiger partial charge in [0.2, 0.25) is 0 Å². The Bertz CT molecular complexity index is 610. The lowest BCUT2D eigenvalue weighted by molar-refractivity contribution is 0.367. The Kier molecular flexibility index (Phi) is 4.93. The van der Waals surface area contributed by atoms with Crippen molar-refractivity contribution in [3.63, 3.8) is 0 Å². The summed E-state index contributed by atoms with van der Waals surface area (Å²) in [6, 6.07) is 12.3. The van der Waals surface area contributed by atoms with Gasteiger partial charge in [0.25, 0.3) is 0 Å². The number of nitrogens with two attached hydrogens (primary N) is 1. The van der Waals surface area contributed by atoms with E-state index >= 15 is 0 Å². The molecule has 0 unspecified atom stereocenters. The largest absolute Gasteiger partial charge is 0.389 e. The Hall–Kier alpha value is -1.65. The van der Waals surface area contributed by atoms with E-state index in [9.17, 15) is 0 Å². The van der Waals surface area contributed by atoms with Crippen molar-refractivity contribution in [1.29, 1.82) is 0 Å². The summed E-state index contributed by atoms with van der Waals surface area (Å²) in [6.45, 7) is 5.15. The van der Waals surface area contributed by atoms with Gasteiger partial charge in [-0.2, -0.15) is 0 Å². The van der Waals surface area contributed by atoms with Crippen LogP contribution in [0.4, 0.5) is 5.69 Å². The number of benzene rings is 2. The standard InChI is InChI=1S/C16H21N3S/c1-3-19(2)11-10-18-15-9-8-14(16(17)20)12-6-4-5-7-13(12)15/h4-9,18H,3,10-11H2,1-2H3,(H2,17,20). The summed E-state index contributed by atoms with van der Waals surface area (Å²) in [6.07, 6.45) is 0. The summed E-state index contributed by atoms with van der Waals surface area (Å²) in [5, 5.41) is 5.76. The first-order valence-electron chi connectivity index (χ1n) is 6.87. The van der Waals surface area contributed by atoms with E-state index in [1.807, 2.05) is 18.2 Å². The third-order valence-corrected chi connectivity index (χ3v) is 3.76. The molecule has 3 nitrogen and oxygen atoms in total. The maximum atomic E-state index is 5.79. The molecule has 3 N–H and O–H groups in total. The molecule has 0 heterocycles. The minimum absolute atomic E-state index is 0.443. The molecular weight excluding hydrogens is 266 g/mol. The van der Waals surface area contributed by atoms with Crippen LogP contribution >= 0.6 is 12.2 Å². The normalized spacial score (nSPS) is 10.9. The van der Waals surface area contributed by atoms with Crippen molar-refractivity contribution in [1.82, 2.24) is 4.90 Å². The molecule has 0 atom stereocenters. The smallest absolute Gasteiger partial charge is 0.104 e. The molecule has 2 rings (SSSR count). The van der Waals surface area contributed by atoms with Crippen LogP contribution in [0.15, 0.2) is 36.4 Å². The average molecular weight is 287 g/mol. The molecular formula is C16H21N3S. The predicted octanol–water partition coefficient (Wildman–Crippen LogP) is 2.84. The first-order chi connectivity index (χ1) is 9.63. The zero-order chi connectivity index (χ0) is 14.5. The quantitative estimate of drug-likeness (QED) is 0.802. The fourth-order valence-corrected chi connectivity index (χ4v) is 2.39. The minimum Gasteiger partial charge on any atom is -0.389 e. The summed E-state index contributed by atoms with van der Waals surface area (Å²) >= 11 is 5.12. The van der Waals surface area contributed by atoms with E-state index in [0.29, 0.717) is 4.99 Å². The van der Waals surface area contributed by atoms with Gasteiger partial charge in [-0.1, -0.05) is 43.4 Å². The van der Waals surface area contributed by atoms with Gasteiger partial charge >= 0.3 is 0 Å². The van der Waals surface area contributed by atoms with E-state index in [1.54, 1.807) is 0 Å². The number of thiocarbonyl (C=S) groups is 1. The fraction of sp³-hybridized carbons (Fsp3) is 0.312. The van der Waals surface area contributed by atoms with Crippen molar-refractivity contribution < 1.29 is 0 Å². The van der Waals surface area contributed by atoms with Crippen LogP contribution in [0.3, 0.4) is 0 Å². The number of hydrogen-bond donors (Lipinski definition) is 2. The van der Waals surface area contributed by atoms with E-state index < -0.39 is 0 Å². The van der Waals surface area contributed by atoms with Gasteiger partial charge in [0.05, 0.1) is 0 Å². The van der Waals surface area contributed by atoms with Crippen LogP contribution in [-0.2, 0) is 0 Å². The molecule has 0 aliphatic heterocycles. The van der Waals surface area contributed by atoms with Gasteiger partial charge in [0, 0.05) is 29.7 Å². The first kappa shape index (κ1) is 14.8. The monoisotopic (exact) mass is 287 g/mol. The molecule has 0 saturated heterocycles. The molecule has 0 aliphatic carbocycles. The Balaban J connectivity index is 2.27. The molecule has 4 heteroatoms. The van der Waals surface area contributed by atoms with E-state index in [4.69, 9.17) is 18.0 Å². The van der Waals surface area contributed by atoms with Crippen LogP contribution < -0.4 is 11.1 Å². The van der Waals surface area contributed by atoms with Crippen molar-refractivity contribution in [3.8, 4) is 0 Å². The second-order valence-electron chi connectivity index (χ2n) is 4.89. The zero-order valence-corrected chi connectivity index (χ0v) is 12.8. The maximum absolute atomic E-state index is 5.79. The summed E-state index contributed by atoms with van der Waals surface area (Å²) in [5.41, 5.74) is 7.86. The maximum Gasteiger partial charge on any atom is 0.104 e. The lowest BCUT2D eigenvalue weighted by Gasteiger charge is -2.16. The highest BCUT2D eigenvalue weighted by Gasteiger charge is 2.07. The number of rotatable bonds is 6. The van der Waals surface area contributed by atoms with Gasteiger partial charge in [-0.05, 0) is 31.1 Å². The minimum atomic E-state index is 0.443. The van der Waals surface area contributed by atoms with Crippen molar-refractivity contribution in [3.05, 3.63) is 42.0 Å². The van der Waals surface area contributed by atoms with E-state index in [1.165, 1.54) is 0 Å². The Labute approximate surface area is 125 Å². The summed E-state index contributed by atoms with van der Waals surface area (Å²) < 4.78 is 0. The number of nitrogens with zero attached hydrogens (tertiary/aromatic N) is 1. The van der Waals surface area contributed by atoms with Gasteiger partial charge in [0.15, 0.2) is 0 Å². The number of hydrogen-bond acceptors (Lipinski definition) is 3. The highest BCUT2D eigenvalue weighted by atomic mass is 32.1. The summed E-state index contributed by atoms with van der Waals surface area (Å²) in [4.78, 5) is 2.72. The molecule has 0 aromatic heterocycles. The lowest BCUT2D eigenvalue weighted by Crippen LogP contribution is -2.24. The topological polar surface area (TPSA) is 41.3 Å². The number of anilines is 1. The van der Waals surface area contributed by atoms with Crippen LogP contribution in [-0.4, -0.2) is 36.6 Å². The summed E-state index contributed by atoms with van der Waals surface area (Å²) in [7, 11) is 2.12. The average Bonchev–Trinajstić information content (AvgIpc) is 2.46. The van der Waals surface area contributed by atoms with Crippen molar-refractivity contribution in [2.45, 2.75) is 6.92 Å². The third-order valence-electron chi connectivity index (χ3n) is 3.54. The molecule has 2 aromatic rings.